The maximum atomic E-state index is 15.0. The maximum absolute atomic E-state index is 15.0. The Balaban J connectivity index is 1.50. The van der Waals surface area contributed by atoms with Crippen molar-refractivity contribution in [3.8, 4) is 12.3 Å². The van der Waals surface area contributed by atoms with E-state index in [1.165, 1.54) is 42.5 Å². The van der Waals surface area contributed by atoms with E-state index in [2.05, 4.69) is 21.3 Å². The van der Waals surface area contributed by atoms with E-state index < -0.39 is 70.2 Å². The molecule has 2 aromatic carbocycles. The van der Waals surface area contributed by atoms with Crippen molar-refractivity contribution >= 4 is 21.6 Å². The summed E-state index contributed by atoms with van der Waals surface area (Å²) in [6.45, 7) is 0.237. The molecule has 222 valence electrons. The first-order valence-corrected chi connectivity index (χ1v) is 15.2. The predicted octanol–water partition coefficient (Wildman–Crippen LogP) is 3.67. The molecule has 4 atom stereocenters. The van der Waals surface area contributed by atoms with Crippen LogP contribution in [0.25, 0.3) is 0 Å². The third-order valence-electron chi connectivity index (χ3n) is 7.76. The fourth-order valence-electron chi connectivity index (χ4n) is 5.57. The van der Waals surface area contributed by atoms with Gasteiger partial charge >= 0.3 is 0 Å². The molecule has 1 aliphatic carbocycles. The number of sulfonamides is 1. The molecule has 2 aromatic rings. The fraction of sp³-hybridized carbons (Fsp3) is 0.483. The van der Waals surface area contributed by atoms with Gasteiger partial charge in [0.25, 0.3) is 0 Å². The Morgan fingerprint density at radius 2 is 1.88 bits per heavy atom. The summed E-state index contributed by atoms with van der Waals surface area (Å²) >= 11 is 0. The standard InChI is InChI=1S/C29H34F4N4O3S/c1-2-21-5-4-14-41(39,40)37-22(17-35-21)12-13-23-24(31)6-3-7-25(23)36-28(38)27(34)26(19-15-29(32,33)16-19)18-8-10-20(30)11-9-18/h1,3,6-11,19,21-22,26-27,35,37H,4-5,12-17,34H2,(H,36,38)/t21?,22?,26-,27+/m1/s1. The monoisotopic (exact) mass is 594 g/mol. The molecular formula is C29H34F4N4O3S. The maximum Gasteiger partial charge on any atom is 0.248 e. The van der Waals surface area contributed by atoms with Crippen molar-refractivity contribution in [3.05, 3.63) is 65.2 Å². The molecule has 7 nitrogen and oxygen atoms in total. The molecule has 2 unspecified atom stereocenters. The summed E-state index contributed by atoms with van der Waals surface area (Å²) in [5.41, 5.74) is 7.06. The number of alkyl halides is 2. The Morgan fingerprint density at radius 3 is 2.54 bits per heavy atom. The summed E-state index contributed by atoms with van der Waals surface area (Å²) in [7, 11) is -3.57. The second-order valence-corrected chi connectivity index (χ2v) is 12.7. The van der Waals surface area contributed by atoms with Gasteiger partial charge in [-0.1, -0.05) is 24.1 Å². The minimum Gasteiger partial charge on any atom is -0.324 e. The largest absolute Gasteiger partial charge is 0.324 e. The van der Waals surface area contributed by atoms with Gasteiger partial charge in [0.2, 0.25) is 21.9 Å². The predicted molar refractivity (Wildman–Crippen MR) is 149 cm³/mol. The number of amides is 1. The van der Waals surface area contributed by atoms with Gasteiger partial charge in [-0.3, -0.25) is 4.79 Å². The molecule has 0 aromatic heterocycles. The van der Waals surface area contributed by atoms with Crippen molar-refractivity contribution in [2.24, 2.45) is 11.7 Å². The zero-order valence-corrected chi connectivity index (χ0v) is 23.2. The van der Waals surface area contributed by atoms with Gasteiger partial charge in [-0.25, -0.2) is 30.7 Å². The van der Waals surface area contributed by atoms with Gasteiger partial charge in [0, 0.05) is 42.6 Å². The highest BCUT2D eigenvalue weighted by Gasteiger charge is 2.51. The summed E-state index contributed by atoms with van der Waals surface area (Å²) in [5.74, 6) is -3.57. The van der Waals surface area contributed by atoms with Crippen LogP contribution >= 0.6 is 0 Å². The molecule has 41 heavy (non-hydrogen) atoms. The molecule has 2 fully saturated rings. The van der Waals surface area contributed by atoms with E-state index >= 15 is 0 Å². The Labute approximate surface area is 237 Å². The molecule has 1 saturated heterocycles. The summed E-state index contributed by atoms with van der Waals surface area (Å²) in [4.78, 5) is 13.3. The summed E-state index contributed by atoms with van der Waals surface area (Å²) < 4.78 is 83.6. The quantitative estimate of drug-likeness (QED) is 0.275. The smallest absolute Gasteiger partial charge is 0.248 e. The van der Waals surface area contributed by atoms with E-state index in [9.17, 15) is 30.8 Å². The van der Waals surface area contributed by atoms with Gasteiger partial charge in [0.05, 0.1) is 17.8 Å². The second kappa shape index (κ2) is 12.9. The van der Waals surface area contributed by atoms with Gasteiger partial charge in [-0.05, 0) is 61.4 Å². The topological polar surface area (TPSA) is 113 Å². The lowest BCUT2D eigenvalue weighted by atomic mass is 9.68. The molecule has 5 N–H and O–H groups in total. The van der Waals surface area contributed by atoms with E-state index in [0.29, 0.717) is 18.4 Å². The van der Waals surface area contributed by atoms with Crippen LogP contribution < -0.4 is 21.1 Å². The molecule has 4 rings (SSSR count). The molecule has 0 spiro atoms. The lowest BCUT2D eigenvalue weighted by Crippen LogP contribution is -2.49. The van der Waals surface area contributed by atoms with Gasteiger partial charge < -0.3 is 16.4 Å². The third-order valence-corrected chi connectivity index (χ3v) is 9.28. The molecule has 12 heteroatoms. The van der Waals surface area contributed by atoms with Crippen LogP contribution in [0.1, 0.15) is 49.1 Å². The summed E-state index contributed by atoms with van der Waals surface area (Å²) in [6, 6.07) is 7.19. The van der Waals surface area contributed by atoms with Crippen molar-refractivity contribution in [2.75, 3.05) is 17.6 Å². The highest BCUT2D eigenvalue weighted by molar-refractivity contribution is 7.89. The van der Waals surface area contributed by atoms with E-state index in [4.69, 9.17) is 12.2 Å². The van der Waals surface area contributed by atoms with E-state index in [0.717, 1.165) is 0 Å². The van der Waals surface area contributed by atoms with Crippen LogP contribution in [-0.2, 0) is 21.2 Å². The number of nitrogens with two attached hydrogens (primary N) is 1. The van der Waals surface area contributed by atoms with E-state index in [1.54, 1.807) is 0 Å². The van der Waals surface area contributed by atoms with Crippen molar-refractivity contribution in [1.29, 1.82) is 0 Å². The zero-order valence-electron chi connectivity index (χ0n) is 22.4. The average Bonchev–Trinajstić information content (AvgIpc) is 2.96. The van der Waals surface area contributed by atoms with Crippen LogP contribution in [0.4, 0.5) is 23.2 Å². The van der Waals surface area contributed by atoms with Gasteiger partial charge in [0.1, 0.15) is 11.6 Å². The first-order chi connectivity index (χ1) is 19.4. The van der Waals surface area contributed by atoms with Crippen molar-refractivity contribution in [1.82, 2.24) is 10.0 Å². The number of hydrogen-bond acceptors (Lipinski definition) is 5. The SMILES string of the molecule is C#CC1CCCS(=O)(=O)NC(CCc2c(F)cccc2NC(=O)[C@@H](N)[C@H](c2ccc(F)cc2)C2CC(F)(F)C2)CN1. The number of rotatable bonds is 8. The fourth-order valence-corrected chi connectivity index (χ4v) is 6.94. The van der Waals surface area contributed by atoms with Gasteiger partial charge in [-0.2, -0.15) is 0 Å². The summed E-state index contributed by atoms with van der Waals surface area (Å²) in [5, 5.41) is 5.79. The van der Waals surface area contributed by atoms with E-state index in [1.807, 2.05) is 0 Å². The summed E-state index contributed by atoms with van der Waals surface area (Å²) in [6.07, 6.45) is 5.81. The molecule has 1 aliphatic heterocycles. The van der Waals surface area contributed by atoms with Crippen molar-refractivity contribution in [3.63, 3.8) is 0 Å². The Bertz CT molecular complexity index is 1370. The van der Waals surface area contributed by atoms with Crippen LogP contribution in [-0.4, -0.2) is 50.7 Å². The lowest BCUT2D eigenvalue weighted by molar-refractivity contribution is -0.128. The first-order valence-electron chi connectivity index (χ1n) is 13.5. The highest BCUT2D eigenvalue weighted by Crippen LogP contribution is 2.50. The van der Waals surface area contributed by atoms with Crippen molar-refractivity contribution < 1.29 is 30.8 Å². The van der Waals surface area contributed by atoms with Crippen LogP contribution in [0.15, 0.2) is 42.5 Å². The number of carbonyl (C=O) groups excluding carboxylic acids is 1. The van der Waals surface area contributed by atoms with Crippen LogP contribution in [0, 0.1) is 29.9 Å². The Kier molecular flexibility index (Phi) is 9.74. The van der Waals surface area contributed by atoms with Crippen molar-refractivity contribution in [2.45, 2.75) is 68.5 Å². The molecular weight excluding hydrogens is 560 g/mol. The number of terminal acetylenes is 1. The minimum atomic E-state index is -3.57. The first kappa shape index (κ1) is 31.0. The lowest BCUT2D eigenvalue weighted by Gasteiger charge is -2.42. The molecule has 0 radical (unpaired) electrons. The molecule has 2 aliphatic rings. The number of carbonyl (C=O) groups is 1. The number of anilines is 1. The normalized spacial score (nSPS) is 24.0. The van der Waals surface area contributed by atoms with Crippen LogP contribution in [0.3, 0.4) is 0 Å². The molecule has 1 saturated carbocycles. The second-order valence-electron chi connectivity index (χ2n) is 10.8. The van der Waals surface area contributed by atoms with Crippen LogP contribution in [0.5, 0.6) is 0 Å². The highest BCUT2D eigenvalue weighted by atomic mass is 32.2. The zero-order chi connectivity index (χ0) is 29.8. The number of hydrogen-bond donors (Lipinski definition) is 4. The number of nitrogens with one attached hydrogen (secondary N) is 3. The van der Waals surface area contributed by atoms with Gasteiger partial charge in [0.15, 0.2) is 0 Å². The minimum absolute atomic E-state index is 0.0728. The number of halogens is 4. The molecule has 1 heterocycles. The number of benzene rings is 2. The van der Waals surface area contributed by atoms with Gasteiger partial charge in [-0.15, -0.1) is 6.42 Å². The molecule has 0 bridgehead atoms. The Morgan fingerprint density at radius 1 is 1.17 bits per heavy atom. The third kappa shape index (κ3) is 8.07. The average molecular weight is 595 g/mol. The van der Waals surface area contributed by atoms with Crippen LogP contribution in [0.2, 0.25) is 0 Å². The Hall–Kier alpha value is -2.98. The molecule has 1 amide bonds. The van der Waals surface area contributed by atoms with E-state index in [-0.39, 0.29) is 42.4 Å².